The van der Waals surface area contributed by atoms with Gasteiger partial charge in [-0.3, -0.25) is 4.79 Å². The van der Waals surface area contributed by atoms with Crippen LogP contribution in [-0.2, 0) is 14.3 Å². The fourth-order valence-electron chi connectivity index (χ4n) is 5.73. The Bertz CT molecular complexity index is 922. The van der Waals surface area contributed by atoms with Crippen molar-refractivity contribution < 1.29 is 33.7 Å². The maximum absolute atomic E-state index is 11.9. The van der Waals surface area contributed by atoms with Gasteiger partial charge in [-0.1, -0.05) is 45.3 Å². The molecule has 0 bridgehead atoms. The predicted molar refractivity (Wildman–Crippen MR) is 116 cm³/mol. The molecule has 0 aromatic heterocycles. The van der Waals surface area contributed by atoms with Gasteiger partial charge in [-0.15, -0.1) is 0 Å². The summed E-state index contributed by atoms with van der Waals surface area (Å²) >= 11 is 0. The number of rotatable bonds is 4. The van der Waals surface area contributed by atoms with E-state index in [2.05, 4.69) is 20.8 Å². The molecule has 0 spiro atoms. The van der Waals surface area contributed by atoms with Crippen LogP contribution in [0, 0.1) is 16.7 Å². The van der Waals surface area contributed by atoms with Gasteiger partial charge in [0.1, 0.15) is 24.6 Å². The summed E-state index contributed by atoms with van der Waals surface area (Å²) in [5.74, 6) is 0.252. The van der Waals surface area contributed by atoms with Gasteiger partial charge in [-0.2, -0.15) is 0 Å². The molecule has 6 nitrogen and oxygen atoms in total. The predicted octanol–water partition coefficient (Wildman–Crippen LogP) is 2.82. The average molecular weight is 436 g/mol. The van der Waals surface area contributed by atoms with Gasteiger partial charge in [0, 0.05) is 15.9 Å². The Hall–Kier alpha value is -1.31. The lowest BCUT2D eigenvalue weighted by Gasteiger charge is -2.50. The molecule has 0 aromatic rings. The molecule has 7 atom stereocenters. The first-order chi connectivity index (χ1) is 15.9. The van der Waals surface area contributed by atoms with Gasteiger partial charge in [0.25, 0.3) is 0 Å². The second-order valence-electron chi connectivity index (χ2n) is 10.1. The lowest BCUT2D eigenvalue weighted by molar-refractivity contribution is -0.291. The fourth-order valence-corrected chi connectivity index (χ4v) is 5.73. The molecule has 1 aliphatic heterocycles. The first kappa shape index (κ1) is 19.2. The summed E-state index contributed by atoms with van der Waals surface area (Å²) in [5.41, 5.74) is 1.84. The van der Waals surface area contributed by atoms with Crippen molar-refractivity contribution in [2.24, 2.45) is 16.7 Å². The molecule has 4 aliphatic rings. The number of aliphatic hydroxyl groups is 3. The molecule has 172 valence electrons. The van der Waals surface area contributed by atoms with Crippen LogP contribution < -0.4 is 0 Å². The van der Waals surface area contributed by atoms with E-state index in [0.717, 1.165) is 18.4 Å². The van der Waals surface area contributed by atoms with Gasteiger partial charge in [-0.05, 0) is 53.7 Å². The van der Waals surface area contributed by atoms with E-state index in [9.17, 15) is 20.1 Å². The average Bonchev–Trinajstić information content (AvgIpc) is 3.03. The molecule has 1 heterocycles. The lowest BCUT2D eigenvalue weighted by atomic mass is 9.57. The third-order valence-corrected chi connectivity index (χ3v) is 7.73. The van der Waals surface area contributed by atoms with Crippen molar-refractivity contribution in [1.82, 2.24) is 0 Å². The van der Waals surface area contributed by atoms with E-state index in [1.807, 2.05) is 0 Å². The van der Waals surface area contributed by atoms with Gasteiger partial charge in [-0.25, -0.2) is 0 Å². The summed E-state index contributed by atoms with van der Waals surface area (Å²) in [4.78, 5) is 11.9. The van der Waals surface area contributed by atoms with Crippen molar-refractivity contribution in [3.63, 3.8) is 0 Å². The first-order valence-corrected chi connectivity index (χ1v) is 11.3. The second-order valence-corrected chi connectivity index (χ2v) is 10.1. The van der Waals surface area contributed by atoms with Crippen LogP contribution in [0.4, 0.5) is 0 Å². The number of aliphatic hydroxyl groups excluding tert-OH is 3. The molecule has 2 fully saturated rings. The summed E-state index contributed by atoms with van der Waals surface area (Å²) in [5, 5.41) is 30.5. The maximum Gasteiger partial charge on any atom is 0.186 e. The van der Waals surface area contributed by atoms with Crippen LogP contribution >= 0.6 is 0 Å². The van der Waals surface area contributed by atoms with Crippen LogP contribution in [0.2, 0.25) is 0 Å². The van der Waals surface area contributed by atoms with Gasteiger partial charge in [0.15, 0.2) is 6.29 Å². The Balaban J connectivity index is 1.86. The summed E-state index contributed by atoms with van der Waals surface area (Å²) in [6, 6.07) is 0. The normalized spacial score (nSPS) is 45.0. The zero-order chi connectivity index (χ0) is 25.1. The van der Waals surface area contributed by atoms with Crippen molar-refractivity contribution >= 4 is 6.29 Å². The molecule has 1 saturated carbocycles. The summed E-state index contributed by atoms with van der Waals surface area (Å²) < 4.78 is 37.8. The van der Waals surface area contributed by atoms with Crippen LogP contribution in [0.1, 0.15) is 63.8 Å². The fraction of sp³-hybridized carbons (Fsp3) is 0.720. The van der Waals surface area contributed by atoms with E-state index < -0.39 is 43.0 Å². The van der Waals surface area contributed by atoms with Crippen LogP contribution in [0.3, 0.4) is 0 Å². The van der Waals surface area contributed by atoms with Crippen molar-refractivity contribution in [2.45, 2.75) is 90.4 Å². The molecule has 1 saturated heterocycles. The van der Waals surface area contributed by atoms with Gasteiger partial charge >= 0.3 is 0 Å². The van der Waals surface area contributed by atoms with E-state index in [4.69, 9.17) is 13.6 Å². The van der Waals surface area contributed by atoms with Crippen molar-refractivity contribution in [3.05, 3.63) is 34.4 Å². The largest absolute Gasteiger partial charge is 0.388 e. The number of hydrogen-bond acceptors (Lipinski definition) is 6. The molecule has 3 aliphatic carbocycles. The third kappa shape index (κ3) is 3.76. The van der Waals surface area contributed by atoms with Gasteiger partial charge < -0.3 is 24.8 Å². The van der Waals surface area contributed by atoms with E-state index in [-0.39, 0.29) is 24.4 Å². The number of aldehydes is 1. The minimum atomic E-state index is -2.47. The van der Waals surface area contributed by atoms with Gasteiger partial charge in [0.2, 0.25) is 0 Å². The molecule has 0 amide bonds. The van der Waals surface area contributed by atoms with Crippen LogP contribution in [0.15, 0.2) is 34.4 Å². The lowest BCUT2D eigenvalue weighted by Crippen LogP contribution is -2.56. The van der Waals surface area contributed by atoms with Crippen molar-refractivity contribution in [2.75, 3.05) is 6.61 Å². The molecule has 3 N–H and O–H groups in total. The molecular weight excluding hydrogens is 396 g/mol. The number of fused-ring (bicyclic) bond motifs is 3. The molecule has 0 radical (unpaired) electrons. The number of ether oxygens (including phenoxy) is 2. The van der Waals surface area contributed by atoms with E-state index in [1.54, 1.807) is 12.2 Å². The number of hydrogen-bond donors (Lipinski definition) is 3. The molecule has 31 heavy (non-hydrogen) atoms. The Kier molecular flexibility index (Phi) is 5.10. The van der Waals surface area contributed by atoms with Crippen LogP contribution in [-0.4, -0.2) is 58.9 Å². The number of carbonyl (C=O) groups excluding carboxylic acids is 1. The first-order valence-electron chi connectivity index (χ1n) is 12.8. The summed E-state index contributed by atoms with van der Waals surface area (Å²) in [6.07, 6.45) is 0.462. The highest BCUT2D eigenvalue weighted by Gasteiger charge is 2.53. The summed E-state index contributed by atoms with van der Waals surface area (Å²) in [7, 11) is 0. The van der Waals surface area contributed by atoms with Crippen LogP contribution in [0.25, 0.3) is 0 Å². The van der Waals surface area contributed by atoms with Gasteiger partial charge in [0.05, 0.1) is 12.7 Å². The standard InChI is InChI=1S/C25H36O6/c1-14(2)16-7-8-24(3)9-10-25(4)17(20(16)24)6-5-15(12-26)11-19(25)31-23-22(29)21(28)18(27)13-30-23/h5-6,12,14,18-19,21-23,27-29H,7-11,13H2,1-4H3/t18-,19-,21+,22-,23+,24+,25+/m1/s1/i4D3. The number of carbonyl (C=O) groups is 1. The molecular formula is C25H36O6. The number of allylic oxidation sites excluding steroid dienone is 4. The maximum atomic E-state index is 11.9. The Morgan fingerprint density at radius 3 is 2.68 bits per heavy atom. The summed E-state index contributed by atoms with van der Waals surface area (Å²) in [6.45, 7) is 3.72. The molecule has 0 unspecified atom stereocenters. The smallest absolute Gasteiger partial charge is 0.186 e. The minimum Gasteiger partial charge on any atom is -0.388 e. The van der Waals surface area contributed by atoms with E-state index in [1.165, 1.54) is 5.57 Å². The monoisotopic (exact) mass is 435 g/mol. The Morgan fingerprint density at radius 1 is 1.23 bits per heavy atom. The quantitative estimate of drug-likeness (QED) is 0.588. The van der Waals surface area contributed by atoms with Crippen molar-refractivity contribution in [1.29, 1.82) is 0 Å². The highest BCUT2D eigenvalue weighted by atomic mass is 16.7. The topological polar surface area (TPSA) is 96.2 Å². The third-order valence-electron chi connectivity index (χ3n) is 7.73. The van der Waals surface area contributed by atoms with E-state index in [0.29, 0.717) is 30.3 Å². The van der Waals surface area contributed by atoms with E-state index >= 15 is 0 Å². The zero-order valence-electron chi connectivity index (χ0n) is 21.5. The Morgan fingerprint density at radius 2 is 2.00 bits per heavy atom. The Labute approximate surface area is 188 Å². The molecule has 4 rings (SSSR count). The SMILES string of the molecule is [2H]C([2H])([2H])[C@]12CC[C@]3(C)CCC(C(C)C)=C3C1=CC=C(C=O)C[C@H]2O[C@@H]1OC[C@@H](O)[C@H](O)[C@H]1O. The minimum absolute atomic E-state index is 0.0358. The molecule has 6 heteroatoms. The van der Waals surface area contributed by atoms with Crippen molar-refractivity contribution in [3.8, 4) is 0 Å². The zero-order valence-corrected chi connectivity index (χ0v) is 18.5. The van der Waals surface area contributed by atoms with Crippen LogP contribution in [0.5, 0.6) is 0 Å². The second kappa shape index (κ2) is 8.23. The molecule has 0 aromatic carbocycles. The highest BCUT2D eigenvalue weighted by Crippen LogP contribution is 2.62. The highest BCUT2D eigenvalue weighted by molar-refractivity contribution is 5.74.